The second-order valence-corrected chi connectivity index (χ2v) is 3.93. The van der Waals surface area contributed by atoms with Crippen LogP contribution in [0.3, 0.4) is 0 Å². The smallest absolute Gasteiger partial charge is 0.0481 e. The molecule has 1 radical (unpaired) electrons. The van der Waals surface area contributed by atoms with Crippen molar-refractivity contribution in [3.63, 3.8) is 0 Å². The third kappa shape index (κ3) is 1.41. The predicted molar refractivity (Wildman–Crippen MR) is 68.1 cm³/mol. The Morgan fingerprint density at radius 2 is 1.62 bits per heavy atom. The predicted octanol–water partition coefficient (Wildman–Crippen LogP) is 3.95. The molecule has 1 heterocycles. The van der Waals surface area contributed by atoms with E-state index in [4.69, 9.17) is 0 Å². The Morgan fingerprint density at radius 1 is 0.812 bits per heavy atom. The highest BCUT2D eigenvalue weighted by atomic mass is 14.9. The summed E-state index contributed by atoms with van der Waals surface area (Å²) >= 11 is 0. The molecule has 16 heavy (non-hydrogen) atoms. The van der Waals surface area contributed by atoms with Gasteiger partial charge in [0.1, 0.15) is 0 Å². The Bertz CT molecular complexity index is 620. The lowest BCUT2D eigenvalue weighted by Gasteiger charge is -2.02. The van der Waals surface area contributed by atoms with E-state index < -0.39 is 0 Å². The van der Waals surface area contributed by atoms with Gasteiger partial charge in [-0.15, -0.1) is 0 Å². The minimum atomic E-state index is 1.17. The van der Waals surface area contributed by atoms with Gasteiger partial charge in [0.15, 0.2) is 0 Å². The molecule has 0 fully saturated rings. The fourth-order valence-corrected chi connectivity index (χ4v) is 2.01. The van der Waals surface area contributed by atoms with Crippen molar-refractivity contribution in [3.8, 4) is 11.1 Å². The number of benzene rings is 2. The molecule has 0 saturated heterocycles. The Labute approximate surface area is 95.0 Å². The molecule has 1 nitrogen and oxygen atoms in total. The molecule has 0 amide bonds. The summed E-state index contributed by atoms with van der Waals surface area (Å²) in [5.74, 6) is 0. The van der Waals surface area contributed by atoms with E-state index in [0.717, 1.165) is 0 Å². The van der Waals surface area contributed by atoms with E-state index in [2.05, 4.69) is 55.6 Å². The van der Waals surface area contributed by atoms with Gasteiger partial charge < -0.3 is 4.57 Å². The summed E-state index contributed by atoms with van der Waals surface area (Å²) < 4.78 is 1.89. The lowest BCUT2D eigenvalue weighted by molar-refractivity contribution is 1.14. The summed E-state index contributed by atoms with van der Waals surface area (Å²) in [6, 6.07) is 19.0. The van der Waals surface area contributed by atoms with E-state index >= 15 is 0 Å². The zero-order valence-electron chi connectivity index (χ0n) is 8.93. The Morgan fingerprint density at radius 3 is 2.44 bits per heavy atom. The highest BCUT2D eigenvalue weighted by Crippen LogP contribution is 2.24. The van der Waals surface area contributed by atoms with Crippen molar-refractivity contribution in [1.82, 2.24) is 4.57 Å². The minimum absolute atomic E-state index is 1.17. The van der Waals surface area contributed by atoms with E-state index in [1.807, 2.05) is 16.8 Å². The van der Waals surface area contributed by atoms with E-state index in [1.165, 1.54) is 22.0 Å². The Balaban J connectivity index is 2.19. The van der Waals surface area contributed by atoms with Crippen LogP contribution in [-0.2, 0) is 0 Å². The molecular weight excluding hydrogens is 194 g/mol. The fourth-order valence-electron chi connectivity index (χ4n) is 2.01. The average molecular weight is 206 g/mol. The van der Waals surface area contributed by atoms with Crippen LogP contribution in [0.5, 0.6) is 0 Å². The van der Waals surface area contributed by atoms with Gasteiger partial charge in [0.25, 0.3) is 0 Å². The first-order chi connectivity index (χ1) is 7.84. The molecule has 0 bridgehead atoms. The van der Waals surface area contributed by atoms with Gasteiger partial charge >= 0.3 is 0 Å². The van der Waals surface area contributed by atoms with Crippen molar-refractivity contribution in [3.05, 3.63) is 67.8 Å². The molecule has 2 aromatic carbocycles. The summed E-state index contributed by atoms with van der Waals surface area (Å²) in [4.78, 5) is 0. The first-order valence-corrected chi connectivity index (χ1v) is 5.32. The maximum absolute atomic E-state index is 3.93. The summed E-state index contributed by atoms with van der Waals surface area (Å²) in [5, 5.41) is 1.23. The lowest BCUT2D eigenvalue weighted by atomic mass is 10.0. The van der Waals surface area contributed by atoms with Gasteiger partial charge in [0.05, 0.1) is 0 Å². The van der Waals surface area contributed by atoms with Crippen molar-refractivity contribution >= 4 is 10.9 Å². The maximum atomic E-state index is 3.93. The van der Waals surface area contributed by atoms with Gasteiger partial charge in [-0.05, 0) is 29.3 Å². The van der Waals surface area contributed by atoms with E-state index in [0.29, 0.717) is 0 Å². The van der Waals surface area contributed by atoms with Crippen LogP contribution in [0, 0.1) is 7.05 Å². The molecule has 0 atom stereocenters. The summed E-state index contributed by atoms with van der Waals surface area (Å²) in [6.07, 6.45) is 1.99. The van der Waals surface area contributed by atoms with Crippen LogP contribution in [-0.4, -0.2) is 4.57 Å². The SMILES string of the molecule is [CH2]n1ccc2cc(-c3ccccc3)ccc21. The van der Waals surface area contributed by atoms with Crippen molar-refractivity contribution in [2.75, 3.05) is 0 Å². The van der Waals surface area contributed by atoms with Gasteiger partial charge in [0.2, 0.25) is 0 Å². The standard InChI is InChI=1S/C15H12N/c1-16-10-9-14-11-13(7-8-15(14)16)12-5-3-2-4-6-12/h2-11H,1H2. The molecule has 0 aliphatic carbocycles. The second kappa shape index (κ2) is 3.53. The van der Waals surface area contributed by atoms with Crippen LogP contribution >= 0.6 is 0 Å². The normalized spacial score (nSPS) is 10.8. The van der Waals surface area contributed by atoms with Crippen molar-refractivity contribution < 1.29 is 0 Å². The molecular formula is C15H12N. The average Bonchev–Trinajstić information content (AvgIpc) is 2.72. The first kappa shape index (κ1) is 9.22. The number of hydrogen-bond donors (Lipinski definition) is 0. The van der Waals surface area contributed by atoms with Crippen molar-refractivity contribution in [2.24, 2.45) is 0 Å². The highest BCUT2D eigenvalue weighted by Gasteiger charge is 2.01. The number of hydrogen-bond acceptors (Lipinski definition) is 0. The van der Waals surface area contributed by atoms with Crippen LogP contribution in [0.25, 0.3) is 22.0 Å². The number of nitrogens with zero attached hydrogens (tertiary/aromatic N) is 1. The molecule has 0 aliphatic heterocycles. The molecule has 0 spiro atoms. The molecule has 0 saturated carbocycles. The third-order valence-corrected chi connectivity index (χ3v) is 2.88. The van der Waals surface area contributed by atoms with E-state index in [1.54, 1.807) is 0 Å². The monoisotopic (exact) mass is 206 g/mol. The van der Waals surface area contributed by atoms with Gasteiger partial charge in [-0.3, -0.25) is 0 Å². The molecule has 0 aliphatic rings. The lowest BCUT2D eigenvalue weighted by Crippen LogP contribution is -1.81. The second-order valence-electron chi connectivity index (χ2n) is 3.93. The molecule has 1 heteroatoms. The number of fused-ring (bicyclic) bond motifs is 1. The topological polar surface area (TPSA) is 4.93 Å². The molecule has 3 aromatic rings. The van der Waals surface area contributed by atoms with Gasteiger partial charge in [-0.2, -0.15) is 0 Å². The van der Waals surface area contributed by atoms with Crippen LogP contribution in [0.4, 0.5) is 0 Å². The summed E-state index contributed by atoms with van der Waals surface area (Å²) in [5.41, 5.74) is 3.67. The van der Waals surface area contributed by atoms with Crippen LogP contribution in [0.1, 0.15) is 0 Å². The summed E-state index contributed by atoms with van der Waals surface area (Å²) in [6.45, 7) is 0. The molecule has 77 valence electrons. The van der Waals surface area contributed by atoms with Crippen LogP contribution < -0.4 is 0 Å². The zero-order chi connectivity index (χ0) is 11.0. The Kier molecular flexibility index (Phi) is 2.03. The molecule has 0 N–H and O–H groups in total. The first-order valence-electron chi connectivity index (χ1n) is 5.32. The summed E-state index contributed by atoms with van der Waals surface area (Å²) in [7, 11) is 3.93. The number of aromatic nitrogens is 1. The molecule has 0 unspecified atom stereocenters. The zero-order valence-corrected chi connectivity index (χ0v) is 8.93. The van der Waals surface area contributed by atoms with Crippen LogP contribution in [0.2, 0.25) is 0 Å². The van der Waals surface area contributed by atoms with Gasteiger partial charge in [-0.25, -0.2) is 0 Å². The van der Waals surface area contributed by atoms with Crippen LogP contribution in [0.15, 0.2) is 60.8 Å². The highest BCUT2D eigenvalue weighted by molar-refractivity contribution is 5.85. The largest absolute Gasteiger partial charge is 0.346 e. The minimum Gasteiger partial charge on any atom is -0.346 e. The van der Waals surface area contributed by atoms with Gasteiger partial charge in [0, 0.05) is 24.1 Å². The Hall–Kier alpha value is -2.02. The fraction of sp³-hybridized carbons (Fsp3) is 0. The molecule has 1 aromatic heterocycles. The third-order valence-electron chi connectivity index (χ3n) is 2.88. The number of rotatable bonds is 1. The van der Waals surface area contributed by atoms with Crippen molar-refractivity contribution in [2.45, 2.75) is 0 Å². The van der Waals surface area contributed by atoms with Gasteiger partial charge in [-0.1, -0.05) is 36.4 Å². The maximum Gasteiger partial charge on any atom is 0.0481 e. The van der Waals surface area contributed by atoms with E-state index in [-0.39, 0.29) is 0 Å². The van der Waals surface area contributed by atoms with E-state index in [9.17, 15) is 0 Å². The quantitative estimate of drug-likeness (QED) is 0.568. The van der Waals surface area contributed by atoms with Crippen molar-refractivity contribution in [1.29, 1.82) is 0 Å². The molecule has 3 rings (SSSR count).